The Hall–Kier alpha value is -1.47. The van der Waals surface area contributed by atoms with Crippen LogP contribution in [0.3, 0.4) is 0 Å². The summed E-state index contributed by atoms with van der Waals surface area (Å²) in [7, 11) is 0. The lowest BCUT2D eigenvalue weighted by atomic mass is 10.1. The molecule has 4 N–H and O–H groups in total. The molecule has 3 amide bonds. The lowest BCUT2D eigenvalue weighted by Crippen LogP contribution is -2.54. The van der Waals surface area contributed by atoms with Crippen LogP contribution in [0, 0.1) is 0 Å². The number of nitrogens with two attached hydrogens (primary N) is 1. The molecule has 2 aliphatic rings. The highest BCUT2D eigenvalue weighted by molar-refractivity contribution is 6.01. The molecule has 2 rings (SSSR count). The number of rotatable bonds is 3. The standard InChI is InChI=1S/C12H20N4O3/c13-8-3-5-16(6-4-8)7-11(18)14-9-1-2-10(17)15-12(9)19/h8-9H,1-7,13H2,(H,14,18)(H,15,17,19). The summed E-state index contributed by atoms with van der Waals surface area (Å²) in [5.41, 5.74) is 5.80. The van der Waals surface area contributed by atoms with E-state index >= 15 is 0 Å². The first-order valence-electron chi connectivity index (χ1n) is 6.65. The van der Waals surface area contributed by atoms with Gasteiger partial charge in [0, 0.05) is 25.6 Å². The maximum absolute atomic E-state index is 11.8. The van der Waals surface area contributed by atoms with E-state index in [1.165, 1.54) is 0 Å². The Morgan fingerprint density at radius 3 is 2.63 bits per heavy atom. The van der Waals surface area contributed by atoms with Gasteiger partial charge in [-0.3, -0.25) is 24.6 Å². The molecule has 0 saturated carbocycles. The minimum absolute atomic E-state index is 0.176. The molecule has 106 valence electrons. The summed E-state index contributed by atoms with van der Waals surface area (Å²) in [4.78, 5) is 36.4. The Labute approximate surface area is 111 Å². The number of likely N-dealkylation sites (tertiary alicyclic amines) is 1. The van der Waals surface area contributed by atoms with Gasteiger partial charge >= 0.3 is 0 Å². The molecule has 0 aromatic carbocycles. The Balaban J connectivity index is 1.75. The molecule has 0 aromatic rings. The van der Waals surface area contributed by atoms with Crippen molar-refractivity contribution in [1.29, 1.82) is 0 Å². The normalized spacial score (nSPS) is 26.1. The van der Waals surface area contributed by atoms with Crippen molar-refractivity contribution in [2.75, 3.05) is 19.6 Å². The number of hydrogen-bond donors (Lipinski definition) is 3. The van der Waals surface area contributed by atoms with Crippen molar-refractivity contribution >= 4 is 17.7 Å². The molecular formula is C12H20N4O3. The van der Waals surface area contributed by atoms with Crippen molar-refractivity contribution < 1.29 is 14.4 Å². The van der Waals surface area contributed by atoms with Crippen molar-refractivity contribution in [2.24, 2.45) is 5.73 Å². The van der Waals surface area contributed by atoms with E-state index in [-0.39, 0.29) is 30.8 Å². The monoisotopic (exact) mass is 268 g/mol. The number of piperidine rings is 2. The molecule has 0 aliphatic carbocycles. The van der Waals surface area contributed by atoms with Crippen molar-refractivity contribution in [3.63, 3.8) is 0 Å². The molecule has 2 saturated heterocycles. The van der Waals surface area contributed by atoms with Crippen molar-refractivity contribution in [3.8, 4) is 0 Å². The SMILES string of the molecule is NC1CCN(CC(=O)NC2CCC(=O)NC2=O)CC1. The topological polar surface area (TPSA) is 105 Å². The third-order valence-corrected chi connectivity index (χ3v) is 3.57. The average Bonchev–Trinajstić information content (AvgIpc) is 2.36. The molecule has 2 aliphatic heterocycles. The number of amides is 3. The number of nitrogens with one attached hydrogen (secondary N) is 2. The predicted octanol–water partition coefficient (Wildman–Crippen LogP) is -1.67. The maximum atomic E-state index is 11.8. The highest BCUT2D eigenvalue weighted by Crippen LogP contribution is 2.08. The minimum Gasteiger partial charge on any atom is -0.343 e. The minimum atomic E-state index is -0.586. The Morgan fingerprint density at radius 1 is 1.32 bits per heavy atom. The van der Waals surface area contributed by atoms with Crippen LogP contribution in [0.4, 0.5) is 0 Å². The second-order valence-corrected chi connectivity index (χ2v) is 5.18. The Kier molecular flexibility index (Phi) is 4.49. The van der Waals surface area contributed by atoms with Crippen LogP contribution in [0.2, 0.25) is 0 Å². The zero-order valence-electron chi connectivity index (χ0n) is 10.9. The van der Waals surface area contributed by atoms with Gasteiger partial charge in [0.2, 0.25) is 17.7 Å². The molecule has 2 heterocycles. The number of hydrogen-bond acceptors (Lipinski definition) is 5. The molecular weight excluding hydrogens is 248 g/mol. The van der Waals surface area contributed by atoms with Gasteiger partial charge in [0.05, 0.1) is 6.54 Å². The largest absolute Gasteiger partial charge is 0.343 e. The summed E-state index contributed by atoms with van der Waals surface area (Å²) in [6, 6.07) is -0.355. The number of carbonyl (C=O) groups is 3. The average molecular weight is 268 g/mol. The molecule has 19 heavy (non-hydrogen) atoms. The van der Waals surface area contributed by atoms with Gasteiger partial charge in [-0.25, -0.2) is 0 Å². The molecule has 0 aromatic heterocycles. The third kappa shape index (κ3) is 4.00. The Morgan fingerprint density at radius 2 is 2.00 bits per heavy atom. The van der Waals surface area contributed by atoms with Crippen LogP contribution in [0.5, 0.6) is 0 Å². The molecule has 2 fully saturated rings. The highest BCUT2D eigenvalue weighted by atomic mass is 16.2. The van der Waals surface area contributed by atoms with E-state index in [9.17, 15) is 14.4 Å². The van der Waals surface area contributed by atoms with Gasteiger partial charge in [-0.2, -0.15) is 0 Å². The molecule has 0 spiro atoms. The van der Waals surface area contributed by atoms with E-state index in [1.807, 2.05) is 4.90 Å². The smallest absolute Gasteiger partial charge is 0.249 e. The molecule has 1 unspecified atom stereocenters. The summed E-state index contributed by atoms with van der Waals surface area (Å²) in [5, 5.41) is 4.89. The summed E-state index contributed by atoms with van der Waals surface area (Å²) in [6.07, 6.45) is 2.44. The zero-order chi connectivity index (χ0) is 13.8. The van der Waals surface area contributed by atoms with Crippen molar-refractivity contribution in [3.05, 3.63) is 0 Å². The lowest BCUT2D eigenvalue weighted by Gasteiger charge is -2.30. The fourth-order valence-corrected chi connectivity index (χ4v) is 2.39. The summed E-state index contributed by atoms with van der Waals surface area (Å²) in [6.45, 7) is 1.90. The van der Waals surface area contributed by atoms with Gasteiger partial charge in [-0.15, -0.1) is 0 Å². The third-order valence-electron chi connectivity index (χ3n) is 3.57. The van der Waals surface area contributed by atoms with Gasteiger partial charge in [-0.1, -0.05) is 0 Å². The Bertz CT molecular complexity index is 377. The second kappa shape index (κ2) is 6.12. The number of carbonyl (C=O) groups excluding carboxylic acids is 3. The second-order valence-electron chi connectivity index (χ2n) is 5.18. The van der Waals surface area contributed by atoms with E-state index in [0.717, 1.165) is 25.9 Å². The number of imide groups is 1. The van der Waals surface area contributed by atoms with Gasteiger partial charge in [-0.05, 0) is 19.3 Å². The molecule has 0 bridgehead atoms. The molecule has 0 radical (unpaired) electrons. The predicted molar refractivity (Wildman–Crippen MR) is 68.0 cm³/mol. The van der Waals surface area contributed by atoms with Crippen molar-refractivity contribution in [2.45, 2.75) is 37.8 Å². The lowest BCUT2D eigenvalue weighted by molar-refractivity contribution is -0.137. The van der Waals surface area contributed by atoms with Crippen LogP contribution >= 0.6 is 0 Å². The fourth-order valence-electron chi connectivity index (χ4n) is 2.39. The quantitative estimate of drug-likeness (QED) is 0.531. The highest BCUT2D eigenvalue weighted by Gasteiger charge is 2.28. The maximum Gasteiger partial charge on any atom is 0.249 e. The van der Waals surface area contributed by atoms with E-state index < -0.39 is 11.9 Å². The van der Waals surface area contributed by atoms with Gasteiger partial charge in [0.15, 0.2) is 0 Å². The van der Waals surface area contributed by atoms with Crippen LogP contribution < -0.4 is 16.4 Å². The molecule has 7 heteroatoms. The fraction of sp³-hybridized carbons (Fsp3) is 0.750. The van der Waals surface area contributed by atoms with E-state index in [1.54, 1.807) is 0 Å². The van der Waals surface area contributed by atoms with Gasteiger partial charge < -0.3 is 11.1 Å². The first kappa shape index (κ1) is 14.0. The van der Waals surface area contributed by atoms with Crippen LogP contribution in [0.25, 0.3) is 0 Å². The first-order chi connectivity index (χ1) is 9.04. The van der Waals surface area contributed by atoms with Crippen LogP contribution in [0.1, 0.15) is 25.7 Å². The first-order valence-corrected chi connectivity index (χ1v) is 6.65. The van der Waals surface area contributed by atoms with Crippen LogP contribution in [-0.4, -0.2) is 54.3 Å². The van der Waals surface area contributed by atoms with E-state index in [0.29, 0.717) is 6.42 Å². The van der Waals surface area contributed by atoms with Crippen LogP contribution in [0.15, 0.2) is 0 Å². The summed E-state index contributed by atoms with van der Waals surface area (Å²) in [5.74, 6) is -0.865. The van der Waals surface area contributed by atoms with Crippen LogP contribution in [-0.2, 0) is 14.4 Å². The van der Waals surface area contributed by atoms with Gasteiger partial charge in [0.1, 0.15) is 6.04 Å². The van der Waals surface area contributed by atoms with Gasteiger partial charge in [0.25, 0.3) is 0 Å². The summed E-state index contributed by atoms with van der Waals surface area (Å²) < 4.78 is 0. The summed E-state index contributed by atoms with van der Waals surface area (Å²) >= 11 is 0. The number of nitrogens with zero attached hydrogens (tertiary/aromatic N) is 1. The molecule has 7 nitrogen and oxygen atoms in total. The molecule has 1 atom stereocenters. The van der Waals surface area contributed by atoms with Crippen molar-refractivity contribution in [1.82, 2.24) is 15.5 Å². The zero-order valence-corrected chi connectivity index (χ0v) is 10.9. The van der Waals surface area contributed by atoms with E-state index in [2.05, 4.69) is 10.6 Å². The van der Waals surface area contributed by atoms with E-state index in [4.69, 9.17) is 5.73 Å².